The van der Waals surface area contributed by atoms with Crippen LogP contribution >= 0.6 is 11.3 Å². The zero-order valence-corrected chi connectivity index (χ0v) is 15.8. The van der Waals surface area contributed by atoms with Crippen LogP contribution in [0.2, 0.25) is 0 Å². The molecule has 1 aliphatic heterocycles. The van der Waals surface area contributed by atoms with Crippen LogP contribution in [0.5, 0.6) is 0 Å². The van der Waals surface area contributed by atoms with E-state index in [1.807, 2.05) is 34.0 Å². The van der Waals surface area contributed by atoms with Gasteiger partial charge < -0.3 is 10.2 Å². The second kappa shape index (κ2) is 6.36. The fourth-order valence-electron chi connectivity index (χ4n) is 2.76. The van der Waals surface area contributed by atoms with Crippen molar-refractivity contribution in [1.29, 1.82) is 0 Å². The molecule has 1 fully saturated rings. The van der Waals surface area contributed by atoms with Gasteiger partial charge in [-0.1, -0.05) is 0 Å². The molecule has 1 N–H and O–H groups in total. The average Bonchev–Trinajstić information content (AvgIpc) is 3.07. The number of imidazole rings is 1. The Kier molecular flexibility index (Phi) is 4.56. The number of thiazole rings is 1. The summed E-state index contributed by atoms with van der Waals surface area (Å²) in [4.78, 5) is 12.2. The number of hydrogen-bond donors (Lipinski definition) is 1. The second-order valence-corrected chi connectivity index (χ2v) is 10.1. The van der Waals surface area contributed by atoms with Crippen LogP contribution < -0.4 is 5.32 Å². The molecule has 24 heavy (non-hydrogen) atoms. The van der Waals surface area contributed by atoms with E-state index in [0.29, 0.717) is 19.6 Å². The molecule has 0 amide bonds. The number of fused-ring (bicyclic) bond motifs is 1. The van der Waals surface area contributed by atoms with Crippen LogP contribution in [0.25, 0.3) is 4.96 Å². The average molecular weight is 370 g/mol. The SMILES string of the molecule is CCNC(=NCc1cn2ccsc2n1)N1CCS(=O)(=O)C(C)(C)C1. The summed E-state index contributed by atoms with van der Waals surface area (Å²) in [6.07, 6.45) is 3.95. The van der Waals surface area contributed by atoms with E-state index in [0.717, 1.165) is 23.2 Å². The molecule has 0 bridgehead atoms. The summed E-state index contributed by atoms with van der Waals surface area (Å²) in [5.74, 6) is 0.904. The molecular weight excluding hydrogens is 346 g/mol. The van der Waals surface area contributed by atoms with Crippen LogP contribution in [0.4, 0.5) is 0 Å². The second-order valence-electron chi connectivity index (χ2n) is 6.50. The minimum atomic E-state index is -3.06. The first-order chi connectivity index (χ1) is 11.3. The van der Waals surface area contributed by atoms with Crippen LogP contribution in [0.3, 0.4) is 0 Å². The lowest BCUT2D eigenvalue weighted by atomic mass is 10.2. The molecule has 0 aliphatic carbocycles. The Morgan fingerprint density at radius 2 is 2.29 bits per heavy atom. The number of hydrogen-bond acceptors (Lipinski definition) is 5. The Labute approximate surface area is 146 Å². The van der Waals surface area contributed by atoms with Gasteiger partial charge in [-0.15, -0.1) is 11.3 Å². The highest BCUT2D eigenvalue weighted by atomic mass is 32.2. The maximum atomic E-state index is 12.2. The van der Waals surface area contributed by atoms with Crippen molar-refractivity contribution in [2.24, 2.45) is 4.99 Å². The molecule has 3 rings (SSSR count). The smallest absolute Gasteiger partial charge is 0.194 e. The van der Waals surface area contributed by atoms with Gasteiger partial charge in [0.2, 0.25) is 0 Å². The van der Waals surface area contributed by atoms with Gasteiger partial charge >= 0.3 is 0 Å². The first-order valence-corrected chi connectivity index (χ1v) is 10.5. The Morgan fingerprint density at radius 3 is 2.96 bits per heavy atom. The molecule has 132 valence electrons. The van der Waals surface area contributed by atoms with Gasteiger partial charge in [0.15, 0.2) is 20.8 Å². The van der Waals surface area contributed by atoms with Crippen molar-refractivity contribution in [1.82, 2.24) is 19.6 Å². The molecule has 1 saturated heterocycles. The highest BCUT2D eigenvalue weighted by Crippen LogP contribution is 2.23. The highest BCUT2D eigenvalue weighted by Gasteiger charge is 2.40. The van der Waals surface area contributed by atoms with E-state index in [1.54, 1.807) is 25.2 Å². The molecule has 0 spiro atoms. The van der Waals surface area contributed by atoms with Crippen LogP contribution in [-0.4, -0.2) is 58.8 Å². The van der Waals surface area contributed by atoms with E-state index in [1.165, 1.54) is 0 Å². The molecule has 0 aromatic carbocycles. The van der Waals surface area contributed by atoms with Crippen LogP contribution in [0.15, 0.2) is 22.8 Å². The lowest BCUT2D eigenvalue weighted by Crippen LogP contribution is -2.57. The molecule has 2 aromatic rings. The summed E-state index contributed by atoms with van der Waals surface area (Å²) < 4.78 is 25.6. The Hall–Kier alpha value is -1.61. The third-order valence-corrected chi connectivity index (χ3v) is 7.52. The van der Waals surface area contributed by atoms with Crippen molar-refractivity contribution in [3.8, 4) is 0 Å². The first-order valence-electron chi connectivity index (χ1n) is 7.99. The molecule has 1 aliphatic rings. The van der Waals surface area contributed by atoms with E-state index >= 15 is 0 Å². The Balaban J connectivity index is 1.77. The molecule has 7 nitrogen and oxygen atoms in total. The van der Waals surface area contributed by atoms with Crippen molar-refractivity contribution >= 4 is 32.1 Å². The quantitative estimate of drug-likeness (QED) is 0.653. The first kappa shape index (κ1) is 17.2. The van der Waals surface area contributed by atoms with Crippen molar-refractivity contribution < 1.29 is 8.42 Å². The van der Waals surface area contributed by atoms with Crippen LogP contribution in [0, 0.1) is 0 Å². The fraction of sp³-hybridized carbons (Fsp3) is 0.600. The van der Waals surface area contributed by atoms with Crippen molar-refractivity contribution in [2.75, 3.05) is 25.4 Å². The zero-order valence-electron chi connectivity index (χ0n) is 14.2. The molecule has 0 unspecified atom stereocenters. The van der Waals surface area contributed by atoms with E-state index in [2.05, 4.69) is 15.3 Å². The van der Waals surface area contributed by atoms with E-state index in [-0.39, 0.29) is 5.75 Å². The summed E-state index contributed by atoms with van der Waals surface area (Å²) in [7, 11) is -3.06. The van der Waals surface area contributed by atoms with Crippen molar-refractivity contribution in [2.45, 2.75) is 32.1 Å². The molecule has 9 heteroatoms. The highest BCUT2D eigenvalue weighted by molar-refractivity contribution is 7.92. The molecule has 3 heterocycles. The number of aromatic nitrogens is 2. The third kappa shape index (κ3) is 3.27. The number of nitrogens with zero attached hydrogens (tertiary/aromatic N) is 4. The summed E-state index contributed by atoms with van der Waals surface area (Å²) in [5.41, 5.74) is 0.904. The molecule has 2 aromatic heterocycles. The van der Waals surface area contributed by atoms with Crippen LogP contribution in [-0.2, 0) is 16.4 Å². The van der Waals surface area contributed by atoms with Gasteiger partial charge in [-0.25, -0.2) is 18.4 Å². The van der Waals surface area contributed by atoms with E-state index < -0.39 is 14.6 Å². The van der Waals surface area contributed by atoms with Crippen molar-refractivity contribution in [3.05, 3.63) is 23.5 Å². The fourth-order valence-corrected chi connectivity index (χ4v) is 4.84. The topological polar surface area (TPSA) is 79.1 Å². The van der Waals surface area contributed by atoms with Gasteiger partial charge in [-0.3, -0.25) is 4.40 Å². The summed E-state index contributed by atoms with van der Waals surface area (Å²) in [6, 6.07) is 0. The molecule has 0 radical (unpaired) electrons. The lowest BCUT2D eigenvalue weighted by molar-refractivity contribution is 0.353. The van der Waals surface area contributed by atoms with E-state index in [9.17, 15) is 8.42 Å². The number of aliphatic imine (C=N–C) groups is 1. The number of rotatable bonds is 3. The Morgan fingerprint density at radius 1 is 1.50 bits per heavy atom. The summed E-state index contributed by atoms with van der Waals surface area (Å²) in [6.45, 7) is 7.69. The van der Waals surface area contributed by atoms with Gasteiger partial charge in [-0.2, -0.15) is 0 Å². The third-order valence-electron chi connectivity index (χ3n) is 4.21. The maximum Gasteiger partial charge on any atom is 0.194 e. The largest absolute Gasteiger partial charge is 0.357 e. The maximum absolute atomic E-state index is 12.2. The minimum absolute atomic E-state index is 0.157. The number of guanidine groups is 1. The van der Waals surface area contributed by atoms with Gasteiger partial charge in [-0.05, 0) is 20.8 Å². The summed E-state index contributed by atoms with van der Waals surface area (Å²) >= 11 is 1.59. The minimum Gasteiger partial charge on any atom is -0.357 e. The predicted molar refractivity (Wildman–Crippen MR) is 97.3 cm³/mol. The summed E-state index contributed by atoms with van der Waals surface area (Å²) in [5, 5.41) is 5.26. The monoisotopic (exact) mass is 369 g/mol. The van der Waals surface area contributed by atoms with Gasteiger partial charge in [0, 0.05) is 37.4 Å². The standard InChI is InChI=1S/C15H23N5O2S2/c1-4-16-13(20-6-8-24(21,22)15(2,3)11-20)17-9-12-10-19-5-7-23-14(19)18-12/h5,7,10H,4,6,8-9,11H2,1-3H3,(H,16,17). The van der Waals surface area contributed by atoms with Gasteiger partial charge in [0.05, 0.1) is 22.7 Å². The zero-order chi connectivity index (χ0) is 17.4. The molecule has 0 saturated carbocycles. The van der Waals surface area contributed by atoms with Gasteiger partial charge in [0.25, 0.3) is 0 Å². The molecule has 0 atom stereocenters. The Bertz CT molecular complexity index is 822. The number of nitrogens with one attached hydrogen (secondary N) is 1. The number of sulfone groups is 1. The van der Waals surface area contributed by atoms with E-state index in [4.69, 9.17) is 0 Å². The van der Waals surface area contributed by atoms with Crippen LogP contribution in [0.1, 0.15) is 26.5 Å². The normalized spacial score (nSPS) is 20.5. The predicted octanol–water partition coefficient (Wildman–Crippen LogP) is 1.37. The van der Waals surface area contributed by atoms with Crippen molar-refractivity contribution in [3.63, 3.8) is 0 Å². The lowest BCUT2D eigenvalue weighted by Gasteiger charge is -2.39. The molecular formula is C15H23N5O2S2. The van der Waals surface area contributed by atoms with Gasteiger partial charge in [0.1, 0.15) is 0 Å².